The fourth-order valence-corrected chi connectivity index (χ4v) is 1.44. The number of rotatable bonds is 9. The van der Waals surface area contributed by atoms with Gasteiger partial charge in [0.25, 0.3) is 0 Å². The van der Waals surface area contributed by atoms with Crippen LogP contribution in [0, 0.1) is 26.1 Å². The summed E-state index contributed by atoms with van der Waals surface area (Å²) < 4.78 is 4.76. The van der Waals surface area contributed by atoms with E-state index >= 15 is 0 Å². The van der Waals surface area contributed by atoms with Gasteiger partial charge in [-0.3, -0.25) is 25.0 Å². The first kappa shape index (κ1) is 17.3. The van der Waals surface area contributed by atoms with E-state index in [2.05, 4.69) is 0 Å². The van der Waals surface area contributed by atoms with E-state index in [1.165, 1.54) is 0 Å². The summed E-state index contributed by atoms with van der Waals surface area (Å²) in [6, 6.07) is 0. The quantitative estimate of drug-likeness (QED) is 0.275. The molecule has 0 fully saturated rings. The molecule has 0 bridgehead atoms. The van der Waals surface area contributed by atoms with Crippen molar-refractivity contribution in [3.8, 4) is 0 Å². The van der Waals surface area contributed by atoms with Gasteiger partial charge < -0.3 is 4.74 Å². The van der Waals surface area contributed by atoms with Crippen LogP contribution in [0.15, 0.2) is 0 Å². The van der Waals surface area contributed by atoms with Crippen LogP contribution in [0.1, 0.15) is 46.5 Å². The maximum atomic E-state index is 11.7. The van der Waals surface area contributed by atoms with Crippen molar-refractivity contribution in [1.29, 1.82) is 0 Å². The van der Waals surface area contributed by atoms with Crippen molar-refractivity contribution in [2.24, 2.45) is 5.92 Å². The highest BCUT2D eigenvalue weighted by molar-refractivity contribution is 5.72. The third-order valence-corrected chi connectivity index (χ3v) is 3.01. The zero-order valence-electron chi connectivity index (χ0n) is 11.5. The molecule has 0 saturated heterocycles. The largest absolute Gasteiger partial charge is 0.488 e. The first-order chi connectivity index (χ1) is 8.79. The van der Waals surface area contributed by atoms with Crippen LogP contribution in [-0.2, 0) is 9.53 Å². The SMILES string of the molecule is CCCCC(CC)C(=O)OCC(C)([N+](=O)[O-])[N+](=O)[O-]. The van der Waals surface area contributed by atoms with Gasteiger partial charge in [-0.25, -0.2) is 0 Å². The first-order valence-electron chi connectivity index (χ1n) is 6.25. The minimum absolute atomic E-state index is 0.359. The van der Waals surface area contributed by atoms with Crippen molar-refractivity contribution < 1.29 is 19.4 Å². The van der Waals surface area contributed by atoms with Crippen LogP contribution in [0.5, 0.6) is 0 Å². The molecule has 0 aromatic rings. The Hall–Kier alpha value is -1.73. The Labute approximate surface area is 111 Å². The minimum Gasteiger partial charge on any atom is -0.450 e. The molecule has 0 aromatic carbocycles. The van der Waals surface area contributed by atoms with Gasteiger partial charge in [-0.1, -0.05) is 26.7 Å². The summed E-state index contributed by atoms with van der Waals surface area (Å²) in [6.45, 7) is 3.76. The highest BCUT2D eigenvalue weighted by Crippen LogP contribution is 2.17. The van der Waals surface area contributed by atoms with Crippen LogP contribution in [0.3, 0.4) is 0 Å². The second kappa shape index (κ2) is 7.65. The number of ether oxygens (including phenoxy) is 1. The third-order valence-electron chi connectivity index (χ3n) is 3.01. The number of hydrogen-bond donors (Lipinski definition) is 0. The topological polar surface area (TPSA) is 113 Å². The van der Waals surface area contributed by atoms with Crippen molar-refractivity contribution in [3.63, 3.8) is 0 Å². The van der Waals surface area contributed by atoms with Gasteiger partial charge in [-0.2, -0.15) is 0 Å². The highest BCUT2D eigenvalue weighted by Gasteiger charge is 2.52. The van der Waals surface area contributed by atoms with Crippen molar-refractivity contribution in [1.82, 2.24) is 0 Å². The average Bonchev–Trinajstić information content (AvgIpc) is 2.36. The Morgan fingerprint density at radius 2 is 1.79 bits per heavy atom. The molecular formula is C11H20N2O6. The molecule has 0 saturated carbocycles. The Balaban J connectivity index is 4.55. The maximum absolute atomic E-state index is 11.7. The van der Waals surface area contributed by atoms with E-state index in [1.54, 1.807) is 0 Å². The summed E-state index contributed by atoms with van der Waals surface area (Å²) in [7, 11) is 0. The number of hydrogen-bond acceptors (Lipinski definition) is 6. The molecule has 0 aromatic heterocycles. The van der Waals surface area contributed by atoms with Gasteiger partial charge >= 0.3 is 11.6 Å². The molecule has 0 heterocycles. The van der Waals surface area contributed by atoms with Crippen LogP contribution < -0.4 is 0 Å². The lowest BCUT2D eigenvalue weighted by atomic mass is 10.00. The highest BCUT2D eigenvalue weighted by atomic mass is 16.7. The molecule has 8 nitrogen and oxygen atoms in total. The van der Waals surface area contributed by atoms with Crippen molar-refractivity contribution >= 4 is 5.97 Å². The molecule has 8 heteroatoms. The van der Waals surface area contributed by atoms with Crippen LogP contribution in [0.4, 0.5) is 0 Å². The van der Waals surface area contributed by atoms with Crippen LogP contribution in [0.25, 0.3) is 0 Å². The molecule has 110 valence electrons. The van der Waals surface area contributed by atoms with E-state index in [0.717, 1.165) is 19.8 Å². The lowest BCUT2D eigenvalue weighted by molar-refractivity contribution is -0.793. The Bertz CT molecular complexity index is 330. The summed E-state index contributed by atoms with van der Waals surface area (Å²) in [6.07, 6.45) is 2.94. The average molecular weight is 276 g/mol. The van der Waals surface area contributed by atoms with Gasteiger partial charge in [0, 0.05) is 0 Å². The van der Waals surface area contributed by atoms with Gasteiger partial charge in [0.15, 0.2) is 0 Å². The summed E-state index contributed by atoms with van der Waals surface area (Å²) in [4.78, 5) is 30.9. The molecule has 19 heavy (non-hydrogen) atoms. The third kappa shape index (κ3) is 4.80. The van der Waals surface area contributed by atoms with E-state index in [1.807, 2.05) is 13.8 Å². The minimum atomic E-state index is -2.49. The summed E-state index contributed by atoms with van der Waals surface area (Å²) in [5.41, 5.74) is -2.49. The molecule has 0 rings (SSSR count). The van der Waals surface area contributed by atoms with Gasteiger partial charge in [0.05, 0.1) is 12.8 Å². The number of unbranched alkanes of at least 4 members (excludes halogenated alkanes) is 1. The predicted octanol–water partition coefficient (Wildman–Crippen LogP) is 2.02. The molecule has 0 aliphatic heterocycles. The van der Waals surface area contributed by atoms with Gasteiger partial charge in [0.2, 0.25) is 6.61 Å². The first-order valence-corrected chi connectivity index (χ1v) is 6.25. The Kier molecular flexibility index (Phi) is 6.95. The van der Waals surface area contributed by atoms with Crippen molar-refractivity contribution in [3.05, 3.63) is 20.2 Å². The lowest BCUT2D eigenvalue weighted by Gasteiger charge is -2.16. The molecule has 0 aliphatic rings. The van der Waals surface area contributed by atoms with Gasteiger partial charge in [0.1, 0.15) is 9.85 Å². The smallest absolute Gasteiger partial charge is 0.450 e. The summed E-state index contributed by atoms with van der Waals surface area (Å²) in [5, 5.41) is 21.3. The number of nitro groups is 2. The van der Waals surface area contributed by atoms with Crippen LogP contribution in [0.2, 0.25) is 0 Å². The molecule has 0 radical (unpaired) electrons. The maximum Gasteiger partial charge on any atom is 0.488 e. The normalized spacial score (nSPS) is 12.8. The monoisotopic (exact) mass is 276 g/mol. The van der Waals surface area contributed by atoms with Crippen LogP contribution in [-0.4, -0.2) is 28.1 Å². The summed E-state index contributed by atoms with van der Waals surface area (Å²) in [5.74, 6) is -0.964. The van der Waals surface area contributed by atoms with Crippen molar-refractivity contribution in [2.45, 2.75) is 52.1 Å². The summed E-state index contributed by atoms with van der Waals surface area (Å²) >= 11 is 0. The number of esters is 1. The van der Waals surface area contributed by atoms with Crippen molar-refractivity contribution in [2.75, 3.05) is 6.61 Å². The molecule has 1 atom stereocenters. The zero-order valence-corrected chi connectivity index (χ0v) is 11.5. The van der Waals surface area contributed by atoms with E-state index < -0.39 is 28.1 Å². The standard InChI is InChI=1S/C11H20N2O6/c1-4-6-7-9(5-2)10(14)19-8-11(3,12(15)16)13(17)18/h9H,4-8H2,1-3H3. The van der Waals surface area contributed by atoms with Gasteiger partial charge in [-0.15, -0.1) is 0 Å². The van der Waals surface area contributed by atoms with E-state index in [4.69, 9.17) is 4.74 Å². The Morgan fingerprint density at radius 1 is 1.26 bits per heavy atom. The number of carbonyl (C=O) groups is 1. The molecule has 0 N–H and O–H groups in total. The molecule has 0 spiro atoms. The molecular weight excluding hydrogens is 256 g/mol. The van der Waals surface area contributed by atoms with E-state index in [-0.39, 0.29) is 5.92 Å². The lowest BCUT2D eigenvalue weighted by Crippen LogP contribution is -2.48. The van der Waals surface area contributed by atoms with Gasteiger partial charge in [-0.05, 0) is 12.8 Å². The fourth-order valence-electron chi connectivity index (χ4n) is 1.44. The van der Waals surface area contributed by atoms with E-state index in [9.17, 15) is 25.0 Å². The second-order valence-electron chi connectivity index (χ2n) is 4.59. The van der Waals surface area contributed by atoms with E-state index in [0.29, 0.717) is 12.8 Å². The van der Waals surface area contributed by atoms with Crippen LogP contribution >= 0.6 is 0 Å². The predicted molar refractivity (Wildman–Crippen MR) is 66.7 cm³/mol. The Morgan fingerprint density at radius 3 is 2.16 bits per heavy atom. The zero-order chi connectivity index (χ0) is 15.1. The number of carbonyl (C=O) groups excluding carboxylic acids is 1. The number of nitrogens with zero attached hydrogens (tertiary/aromatic N) is 2. The molecule has 1 unspecified atom stereocenters. The second-order valence-corrected chi connectivity index (χ2v) is 4.59. The fraction of sp³-hybridized carbons (Fsp3) is 0.909. The molecule has 0 aliphatic carbocycles. The molecule has 0 amide bonds.